The van der Waals surface area contributed by atoms with E-state index in [0.717, 1.165) is 22.5 Å². The number of pyridine rings is 1. The highest BCUT2D eigenvalue weighted by molar-refractivity contribution is 7.98. The van der Waals surface area contributed by atoms with Crippen LogP contribution in [0.25, 0.3) is 5.65 Å². The number of benzene rings is 1. The summed E-state index contributed by atoms with van der Waals surface area (Å²) in [5.41, 5.74) is 7.03. The lowest BCUT2D eigenvalue weighted by atomic mass is 10.1. The van der Waals surface area contributed by atoms with Crippen molar-refractivity contribution in [2.75, 3.05) is 7.11 Å². The van der Waals surface area contributed by atoms with E-state index in [-0.39, 0.29) is 5.91 Å². The van der Waals surface area contributed by atoms with Gasteiger partial charge in [0, 0.05) is 29.9 Å². The van der Waals surface area contributed by atoms with Gasteiger partial charge in [-0.3, -0.25) is 9.20 Å². The Morgan fingerprint density at radius 2 is 2.00 bits per heavy atom. The maximum atomic E-state index is 12.8. The molecule has 0 radical (unpaired) electrons. The van der Waals surface area contributed by atoms with Crippen LogP contribution in [0.4, 0.5) is 0 Å². The van der Waals surface area contributed by atoms with Crippen LogP contribution in [-0.4, -0.2) is 38.1 Å². The molecule has 0 spiro atoms. The second kappa shape index (κ2) is 9.61. The summed E-state index contributed by atoms with van der Waals surface area (Å²) >= 11 is 1.52. The average Bonchev–Trinajstić information content (AvgIpc) is 3.17. The number of hydrazone groups is 1. The van der Waals surface area contributed by atoms with Crippen LogP contribution in [0.5, 0.6) is 5.75 Å². The van der Waals surface area contributed by atoms with Gasteiger partial charge in [-0.2, -0.15) is 5.10 Å². The Kier molecular flexibility index (Phi) is 6.46. The maximum Gasteiger partial charge on any atom is 0.290 e. The summed E-state index contributed by atoms with van der Waals surface area (Å²) in [6.07, 6.45) is 5.24. The summed E-state index contributed by atoms with van der Waals surface area (Å²) in [5, 5.41) is 5.01. The number of rotatable bonds is 7. The second-order valence-electron chi connectivity index (χ2n) is 6.96. The molecule has 0 saturated heterocycles. The molecule has 1 aromatic carbocycles. The van der Waals surface area contributed by atoms with E-state index < -0.39 is 0 Å². The third kappa shape index (κ3) is 4.62. The summed E-state index contributed by atoms with van der Waals surface area (Å²) < 4.78 is 7.25. The zero-order valence-electron chi connectivity index (χ0n) is 17.9. The molecule has 0 fully saturated rings. The lowest BCUT2D eigenvalue weighted by Crippen LogP contribution is -2.22. The van der Waals surface area contributed by atoms with E-state index in [0.29, 0.717) is 28.0 Å². The first-order valence-corrected chi connectivity index (χ1v) is 10.9. The number of hydrogen-bond acceptors (Lipinski definition) is 7. The smallest absolute Gasteiger partial charge is 0.290 e. The highest BCUT2D eigenvalue weighted by Crippen LogP contribution is 2.27. The molecule has 0 unspecified atom stereocenters. The van der Waals surface area contributed by atoms with Crippen LogP contribution in [0.3, 0.4) is 0 Å². The minimum Gasteiger partial charge on any atom is -0.496 e. The molecule has 0 bridgehead atoms. The van der Waals surface area contributed by atoms with Crippen LogP contribution in [0, 0.1) is 6.92 Å². The molecule has 162 valence electrons. The fraction of sp³-hybridized carbons (Fsp3) is 0.174. The predicted molar refractivity (Wildman–Crippen MR) is 124 cm³/mol. The van der Waals surface area contributed by atoms with E-state index in [1.54, 1.807) is 30.0 Å². The predicted octanol–water partition coefficient (Wildman–Crippen LogP) is 3.89. The standard InChI is InChI=1S/C23H22N6O2S/c1-15(27-28-22(30)21-16(2)26-20-7-4-5-12-29(20)21)17-8-9-19(31-3)18(13-17)14-32-23-24-10-6-11-25-23/h4-13H,14H2,1-3H3,(H,28,30). The van der Waals surface area contributed by atoms with Crippen molar-refractivity contribution in [2.24, 2.45) is 5.10 Å². The number of imidazole rings is 1. The molecular formula is C23H22N6O2S. The molecule has 1 N–H and O–H groups in total. The fourth-order valence-electron chi connectivity index (χ4n) is 3.26. The number of aromatic nitrogens is 4. The Morgan fingerprint density at radius 1 is 1.19 bits per heavy atom. The van der Waals surface area contributed by atoms with Crippen LogP contribution >= 0.6 is 11.8 Å². The van der Waals surface area contributed by atoms with Crippen LogP contribution in [0.1, 0.15) is 34.2 Å². The molecule has 0 atom stereocenters. The number of methoxy groups -OCH3 is 1. The third-order valence-electron chi connectivity index (χ3n) is 4.84. The van der Waals surface area contributed by atoms with Crippen LogP contribution in [0.15, 0.2) is 71.3 Å². The Balaban J connectivity index is 1.52. The highest BCUT2D eigenvalue weighted by atomic mass is 32.2. The Bertz CT molecular complexity index is 1290. The van der Waals surface area contributed by atoms with E-state index in [4.69, 9.17) is 4.74 Å². The highest BCUT2D eigenvalue weighted by Gasteiger charge is 2.16. The molecule has 0 saturated carbocycles. The van der Waals surface area contributed by atoms with Crippen molar-refractivity contribution in [1.29, 1.82) is 0 Å². The second-order valence-corrected chi connectivity index (χ2v) is 7.90. The largest absolute Gasteiger partial charge is 0.496 e. The van der Waals surface area contributed by atoms with E-state index in [1.165, 1.54) is 11.8 Å². The summed E-state index contributed by atoms with van der Waals surface area (Å²) in [5.74, 6) is 1.10. The molecule has 4 rings (SSSR count). The quantitative estimate of drug-likeness (QED) is 0.200. The van der Waals surface area contributed by atoms with Crippen LogP contribution < -0.4 is 10.2 Å². The number of fused-ring (bicyclic) bond motifs is 1. The van der Waals surface area contributed by atoms with E-state index >= 15 is 0 Å². The van der Waals surface area contributed by atoms with Crippen LogP contribution in [-0.2, 0) is 5.75 Å². The Labute approximate surface area is 189 Å². The summed E-state index contributed by atoms with van der Waals surface area (Å²) in [6, 6.07) is 13.2. The van der Waals surface area contributed by atoms with E-state index in [1.807, 2.05) is 56.4 Å². The Hall–Kier alpha value is -3.72. The molecule has 9 heteroatoms. The molecule has 1 amide bonds. The minimum absolute atomic E-state index is 0.314. The van der Waals surface area contributed by atoms with Gasteiger partial charge in [-0.15, -0.1) is 0 Å². The molecule has 3 aromatic heterocycles. The van der Waals surface area contributed by atoms with Crippen molar-refractivity contribution in [3.05, 3.63) is 83.6 Å². The van der Waals surface area contributed by atoms with Crippen LogP contribution in [0.2, 0.25) is 0 Å². The summed E-state index contributed by atoms with van der Waals surface area (Å²) in [7, 11) is 1.64. The Morgan fingerprint density at radius 3 is 2.78 bits per heavy atom. The first kappa shape index (κ1) is 21.5. The number of hydrogen-bond donors (Lipinski definition) is 1. The monoisotopic (exact) mass is 446 g/mol. The van der Waals surface area contributed by atoms with Gasteiger partial charge in [-0.25, -0.2) is 20.4 Å². The van der Waals surface area contributed by atoms with Gasteiger partial charge in [-0.05, 0) is 55.8 Å². The number of carbonyl (C=O) groups excluding carboxylic acids is 1. The van der Waals surface area contributed by atoms with Crippen molar-refractivity contribution >= 4 is 29.0 Å². The zero-order chi connectivity index (χ0) is 22.5. The first-order valence-electron chi connectivity index (χ1n) is 9.92. The summed E-state index contributed by atoms with van der Waals surface area (Å²) in [6.45, 7) is 3.66. The number of thioether (sulfide) groups is 1. The molecule has 4 aromatic rings. The van der Waals surface area contributed by atoms with E-state index in [9.17, 15) is 4.79 Å². The third-order valence-corrected chi connectivity index (χ3v) is 5.77. The summed E-state index contributed by atoms with van der Waals surface area (Å²) in [4.78, 5) is 25.7. The number of amides is 1. The number of nitrogens with one attached hydrogen (secondary N) is 1. The van der Waals surface area contributed by atoms with Crippen molar-refractivity contribution in [1.82, 2.24) is 24.8 Å². The van der Waals surface area contributed by atoms with Gasteiger partial charge in [0.05, 0.1) is 18.5 Å². The number of aryl methyl sites for hydroxylation is 1. The zero-order valence-corrected chi connectivity index (χ0v) is 18.8. The van der Waals surface area contributed by atoms with Gasteiger partial charge in [0.15, 0.2) is 5.16 Å². The first-order chi connectivity index (χ1) is 15.6. The molecule has 8 nitrogen and oxygen atoms in total. The number of nitrogens with zero attached hydrogens (tertiary/aromatic N) is 5. The van der Waals surface area contributed by atoms with Crippen molar-refractivity contribution in [2.45, 2.75) is 24.8 Å². The van der Waals surface area contributed by atoms with Gasteiger partial charge >= 0.3 is 0 Å². The normalized spacial score (nSPS) is 11.5. The topological polar surface area (TPSA) is 93.8 Å². The van der Waals surface area contributed by atoms with Gasteiger partial charge in [0.25, 0.3) is 5.91 Å². The fourth-order valence-corrected chi connectivity index (χ4v) is 4.04. The molecule has 0 aliphatic heterocycles. The molecule has 0 aliphatic rings. The lowest BCUT2D eigenvalue weighted by molar-refractivity contribution is 0.0948. The SMILES string of the molecule is COc1ccc(C(C)=NNC(=O)c2c(C)nc3ccccn23)cc1CSc1ncccn1. The average molecular weight is 447 g/mol. The minimum atomic E-state index is -0.314. The molecule has 32 heavy (non-hydrogen) atoms. The maximum absolute atomic E-state index is 12.8. The van der Waals surface area contributed by atoms with Crippen molar-refractivity contribution < 1.29 is 9.53 Å². The van der Waals surface area contributed by atoms with Crippen molar-refractivity contribution in [3.8, 4) is 5.75 Å². The van der Waals surface area contributed by atoms with Gasteiger partial charge < -0.3 is 4.74 Å². The van der Waals surface area contributed by atoms with Crippen molar-refractivity contribution in [3.63, 3.8) is 0 Å². The molecule has 3 heterocycles. The van der Waals surface area contributed by atoms with Gasteiger partial charge in [0.2, 0.25) is 0 Å². The molecular weight excluding hydrogens is 424 g/mol. The molecule has 0 aliphatic carbocycles. The number of carbonyl (C=O) groups is 1. The van der Waals surface area contributed by atoms with E-state index in [2.05, 4.69) is 25.5 Å². The van der Waals surface area contributed by atoms with Gasteiger partial charge in [-0.1, -0.05) is 17.8 Å². The van der Waals surface area contributed by atoms with Gasteiger partial charge in [0.1, 0.15) is 17.1 Å². The number of ether oxygens (including phenoxy) is 1. The lowest BCUT2D eigenvalue weighted by Gasteiger charge is -2.10.